The third-order valence-electron chi connectivity index (χ3n) is 3.57. The number of urea groups is 1. The smallest absolute Gasteiger partial charge is 0.317 e. The minimum atomic E-state index is -0.785. The van der Waals surface area contributed by atoms with Gasteiger partial charge in [-0.15, -0.1) is 0 Å². The van der Waals surface area contributed by atoms with Crippen LogP contribution in [0.4, 0.5) is 4.79 Å². The maximum Gasteiger partial charge on any atom is 0.317 e. The number of hydrogen-bond acceptors (Lipinski definition) is 3. The molecule has 2 N–H and O–H groups in total. The Morgan fingerprint density at radius 1 is 1.39 bits per heavy atom. The van der Waals surface area contributed by atoms with Crippen molar-refractivity contribution < 1.29 is 14.7 Å². The highest BCUT2D eigenvalue weighted by Crippen LogP contribution is 2.37. The zero-order valence-corrected chi connectivity index (χ0v) is 11.9. The molecule has 0 aromatic carbocycles. The van der Waals surface area contributed by atoms with Crippen LogP contribution < -0.4 is 5.32 Å². The first-order chi connectivity index (χ1) is 8.52. The average molecular weight is 274 g/mol. The SMILES string of the molecule is CSCCN(C)C(=O)NCC1(C(=O)O)CCCC1. The van der Waals surface area contributed by atoms with Crippen LogP contribution in [0.15, 0.2) is 0 Å². The first kappa shape index (κ1) is 15.1. The van der Waals surface area contributed by atoms with Crippen LogP contribution >= 0.6 is 11.8 Å². The molecule has 2 amide bonds. The van der Waals surface area contributed by atoms with Crippen molar-refractivity contribution in [1.29, 1.82) is 0 Å². The van der Waals surface area contributed by atoms with Crippen LogP contribution in [0.3, 0.4) is 0 Å². The Morgan fingerprint density at radius 2 is 2.00 bits per heavy atom. The van der Waals surface area contributed by atoms with E-state index in [1.54, 1.807) is 23.7 Å². The van der Waals surface area contributed by atoms with E-state index in [2.05, 4.69) is 5.32 Å². The van der Waals surface area contributed by atoms with Gasteiger partial charge >= 0.3 is 12.0 Å². The van der Waals surface area contributed by atoms with Crippen molar-refractivity contribution in [1.82, 2.24) is 10.2 Å². The fourth-order valence-corrected chi connectivity index (χ4v) is 2.68. The number of aliphatic carboxylic acids is 1. The summed E-state index contributed by atoms with van der Waals surface area (Å²) in [5.41, 5.74) is -0.740. The van der Waals surface area contributed by atoms with Gasteiger partial charge in [0.05, 0.1) is 5.41 Å². The van der Waals surface area contributed by atoms with Crippen molar-refractivity contribution in [3.05, 3.63) is 0 Å². The number of carbonyl (C=O) groups excluding carboxylic acids is 1. The van der Waals surface area contributed by atoms with Crippen LogP contribution in [0, 0.1) is 5.41 Å². The Kier molecular flexibility index (Phi) is 5.78. The van der Waals surface area contributed by atoms with E-state index in [1.807, 2.05) is 6.26 Å². The fourth-order valence-electron chi connectivity index (χ4n) is 2.23. The average Bonchev–Trinajstić information content (AvgIpc) is 2.83. The summed E-state index contributed by atoms with van der Waals surface area (Å²) in [6.45, 7) is 0.915. The van der Waals surface area contributed by atoms with Gasteiger partial charge in [0.2, 0.25) is 0 Å². The van der Waals surface area contributed by atoms with Crippen molar-refractivity contribution in [2.24, 2.45) is 5.41 Å². The molecule has 1 aliphatic carbocycles. The maximum absolute atomic E-state index is 11.8. The second-order valence-corrected chi connectivity index (χ2v) is 5.85. The number of hydrogen-bond donors (Lipinski definition) is 2. The van der Waals surface area contributed by atoms with E-state index in [0.717, 1.165) is 18.6 Å². The first-order valence-electron chi connectivity index (χ1n) is 6.23. The summed E-state index contributed by atoms with van der Waals surface area (Å²) in [5, 5.41) is 12.0. The number of nitrogens with one attached hydrogen (secondary N) is 1. The highest BCUT2D eigenvalue weighted by Gasteiger charge is 2.41. The summed E-state index contributed by atoms with van der Waals surface area (Å²) < 4.78 is 0. The number of carboxylic acid groups (broad SMARTS) is 1. The van der Waals surface area contributed by atoms with Gasteiger partial charge in [0.25, 0.3) is 0 Å². The summed E-state index contributed by atoms with van der Waals surface area (Å²) in [5.74, 6) is 0.0978. The number of rotatable bonds is 6. The van der Waals surface area contributed by atoms with Gasteiger partial charge in [-0.05, 0) is 19.1 Å². The summed E-state index contributed by atoms with van der Waals surface area (Å²) in [4.78, 5) is 24.7. The van der Waals surface area contributed by atoms with Gasteiger partial charge in [-0.2, -0.15) is 11.8 Å². The zero-order chi connectivity index (χ0) is 13.6. The fraction of sp³-hybridized carbons (Fsp3) is 0.833. The quantitative estimate of drug-likeness (QED) is 0.772. The maximum atomic E-state index is 11.8. The second kappa shape index (κ2) is 6.87. The van der Waals surface area contributed by atoms with Crippen LogP contribution in [-0.4, -0.2) is 54.2 Å². The van der Waals surface area contributed by atoms with Gasteiger partial charge in [-0.1, -0.05) is 12.8 Å². The molecule has 6 heteroatoms. The molecular weight excluding hydrogens is 252 g/mol. The molecule has 1 fully saturated rings. The van der Waals surface area contributed by atoms with Crippen molar-refractivity contribution in [2.75, 3.05) is 32.1 Å². The molecule has 1 aliphatic rings. The Morgan fingerprint density at radius 3 is 2.50 bits per heavy atom. The van der Waals surface area contributed by atoms with Crippen LogP contribution in [-0.2, 0) is 4.79 Å². The van der Waals surface area contributed by atoms with E-state index < -0.39 is 11.4 Å². The molecule has 0 heterocycles. The molecule has 0 spiro atoms. The van der Waals surface area contributed by atoms with Crippen LogP contribution in [0.1, 0.15) is 25.7 Å². The van der Waals surface area contributed by atoms with E-state index in [4.69, 9.17) is 0 Å². The van der Waals surface area contributed by atoms with Crippen LogP contribution in [0.2, 0.25) is 0 Å². The summed E-state index contributed by atoms with van der Waals surface area (Å²) in [6, 6.07) is -0.184. The van der Waals surface area contributed by atoms with Crippen molar-refractivity contribution in [3.63, 3.8) is 0 Å². The van der Waals surface area contributed by atoms with Gasteiger partial charge in [-0.25, -0.2) is 4.79 Å². The van der Waals surface area contributed by atoms with Gasteiger partial charge in [0, 0.05) is 25.9 Å². The molecule has 5 nitrogen and oxygen atoms in total. The predicted octanol–water partition coefficient (Wildman–Crippen LogP) is 1.64. The summed E-state index contributed by atoms with van der Waals surface area (Å²) in [7, 11) is 1.73. The van der Waals surface area contributed by atoms with E-state index in [9.17, 15) is 14.7 Å². The van der Waals surface area contributed by atoms with Crippen LogP contribution in [0.5, 0.6) is 0 Å². The molecule has 0 aromatic heterocycles. The van der Waals surface area contributed by atoms with Gasteiger partial charge in [0.1, 0.15) is 0 Å². The van der Waals surface area contributed by atoms with Gasteiger partial charge in [-0.3, -0.25) is 4.79 Å². The minimum absolute atomic E-state index is 0.184. The van der Waals surface area contributed by atoms with Gasteiger partial charge in [0.15, 0.2) is 0 Å². The Labute approximate surface area is 112 Å². The third-order valence-corrected chi connectivity index (χ3v) is 4.16. The first-order valence-corrected chi connectivity index (χ1v) is 7.62. The predicted molar refractivity (Wildman–Crippen MR) is 72.9 cm³/mol. The Bertz CT molecular complexity index is 304. The van der Waals surface area contributed by atoms with Crippen molar-refractivity contribution in [3.8, 4) is 0 Å². The molecule has 0 atom stereocenters. The third kappa shape index (κ3) is 3.80. The topological polar surface area (TPSA) is 69.6 Å². The van der Waals surface area contributed by atoms with Crippen molar-refractivity contribution >= 4 is 23.8 Å². The molecule has 0 bridgehead atoms. The number of nitrogens with zero attached hydrogens (tertiary/aromatic N) is 1. The minimum Gasteiger partial charge on any atom is -0.481 e. The lowest BCUT2D eigenvalue weighted by Crippen LogP contribution is -2.46. The lowest BCUT2D eigenvalue weighted by Gasteiger charge is -2.26. The molecule has 1 rings (SSSR count). The highest BCUT2D eigenvalue weighted by atomic mass is 32.2. The van der Waals surface area contributed by atoms with Crippen LogP contribution in [0.25, 0.3) is 0 Å². The van der Waals surface area contributed by atoms with E-state index in [-0.39, 0.29) is 12.6 Å². The standard InChI is InChI=1S/C12H22N2O3S/c1-14(7-8-18-2)11(17)13-9-12(10(15)16)5-3-4-6-12/h3-9H2,1-2H3,(H,13,17)(H,15,16). The zero-order valence-electron chi connectivity index (χ0n) is 11.1. The molecule has 0 aliphatic heterocycles. The number of thioether (sulfide) groups is 1. The number of carbonyl (C=O) groups is 2. The molecule has 0 unspecified atom stereocenters. The number of amides is 2. The molecule has 1 saturated carbocycles. The molecule has 0 aromatic rings. The largest absolute Gasteiger partial charge is 0.481 e. The van der Waals surface area contributed by atoms with Crippen molar-refractivity contribution in [2.45, 2.75) is 25.7 Å². The normalized spacial score (nSPS) is 17.4. The highest BCUT2D eigenvalue weighted by molar-refractivity contribution is 7.98. The molecule has 0 saturated heterocycles. The van der Waals surface area contributed by atoms with Gasteiger partial charge < -0.3 is 15.3 Å². The molecular formula is C12H22N2O3S. The van der Waals surface area contributed by atoms with E-state index in [1.165, 1.54) is 0 Å². The lowest BCUT2D eigenvalue weighted by atomic mass is 9.86. The lowest BCUT2D eigenvalue weighted by molar-refractivity contribution is -0.148. The second-order valence-electron chi connectivity index (χ2n) is 4.87. The monoisotopic (exact) mass is 274 g/mol. The molecule has 104 valence electrons. The Hall–Kier alpha value is -0.910. The number of carboxylic acids is 1. The molecule has 0 radical (unpaired) electrons. The molecule has 18 heavy (non-hydrogen) atoms. The van der Waals surface area contributed by atoms with E-state index >= 15 is 0 Å². The summed E-state index contributed by atoms with van der Waals surface area (Å²) >= 11 is 1.68. The van der Waals surface area contributed by atoms with E-state index in [0.29, 0.717) is 19.4 Å². The summed E-state index contributed by atoms with van der Waals surface area (Å²) in [6.07, 6.45) is 5.19. The Balaban J connectivity index is 2.43.